The number of alkyl halides is 3. The topological polar surface area (TPSA) is 52.6 Å². The van der Waals surface area contributed by atoms with Gasteiger partial charge in [0.1, 0.15) is 6.04 Å². The van der Waals surface area contributed by atoms with Crippen molar-refractivity contribution in [1.29, 1.82) is 0 Å². The minimum atomic E-state index is -4.57. The molecular weight excluding hydrogens is 323 g/mol. The molecular formula is C16H20F3N3O2. The van der Waals surface area contributed by atoms with E-state index in [9.17, 15) is 22.8 Å². The number of nitrogens with one attached hydrogen (secondary N) is 1. The third kappa shape index (κ3) is 4.39. The zero-order chi connectivity index (χ0) is 18.8. The van der Waals surface area contributed by atoms with Gasteiger partial charge in [-0.05, 0) is 25.1 Å². The number of rotatable bonds is 3. The van der Waals surface area contributed by atoms with Crippen LogP contribution in [0.25, 0.3) is 0 Å². The molecule has 1 N–H and O–H groups in total. The highest BCUT2D eigenvalue weighted by atomic mass is 19.4. The first-order valence-electron chi connectivity index (χ1n) is 8.08. The highest BCUT2D eigenvalue weighted by Gasteiger charge is 2.31. The molecule has 1 aromatic carbocycles. The molecule has 1 saturated heterocycles. The molecule has 1 heterocycles. The lowest BCUT2D eigenvalue weighted by Gasteiger charge is -2.37. The minimum absolute atomic E-state index is 0.215. The van der Waals surface area contributed by atoms with Crippen LogP contribution in [-0.2, 0) is 15.8 Å². The zero-order valence-corrected chi connectivity index (χ0v) is 13.5. The number of carbonyl (C=O) groups excluding carboxylic acids is 2. The van der Waals surface area contributed by atoms with Crippen molar-refractivity contribution in [2.24, 2.45) is 0 Å². The number of halogens is 3. The molecule has 0 aromatic heterocycles. The molecule has 1 aromatic rings. The Hall–Kier alpha value is -2.25. The molecule has 0 unspecified atom stereocenters. The lowest BCUT2D eigenvalue weighted by atomic mass is 10.1. The summed E-state index contributed by atoms with van der Waals surface area (Å²) in [5, 5.41) is 2.52. The van der Waals surface area contributed by atoms with E-state index >= 15 is 0 Å². The van der Waals surface area contributed by atoms with Crippen LogP contribution in [0, 0.1) is 0 Å². The maximum atomic E-state index is 12.9. The van der Waals surface area contributed by atoms with E-state index in [2.05, 4.69) is 5.32 Å². The van der Waals surface area contributed by atoms with Gasteiger partial charge in [0.15, 0.2) is 0 Å². The Morgan fingerprint density at radius 2 is 1.92 bits per heavy atom. The Labute approximate surface area is 139 Å². The van der Waals surface area contributed by atoms with E-state index in [-0.39, 0.29) is 11.8 Å². The van der Waals surface area contributed by atoms with E-state index in [1.807, 2.05) is 0 Å². The van der Waals surface area contributed by atoms with E-state index in [4.69, 9.17) is 1.37 Å². The highest BCUT2D eigenvalue weighted by molar-refractivity contribution is 5.86. The molecule has 2 rings (SSSR count). The van der Waals surface area contributed by atoms with Crippen molar-refractivity contribution in [3.63, 3.8) is 0 Å². The van der Waals surface area contributed by atoms with E-state index < -0.39 is 23.8 Å². The number of hydrogen-bond acceptors (Lipinski definition) is 3. The molecule has 1 fully saturated rings. The van der Waals surface area contributed by atoms with Crippen LogP contribution in [0.2, 0.25) is 0 Å². The second kappa shape index (κ2) is 7.11. The van der Waals surface area contributed by atoms with Crippen molar-refractivity contribution in [2.75, 3.05) is 31.1 Å². The van der Waals surface area contributed by atoms with Crippen molar-refractivity contribution in [2.45, 2.75) is 26.1 Å². The van der Waals surface area contributed by atoms with Crippen molar-refractivity contribution in [3.8, 4) is 0 Å². The Bertz CT molecular complexity index is 659. The number of hydrogen-bond donors (Lipinski definition) is 1. The zero-order valence-electron chi connectivity index (χ0n) is 14.5. The van der Waals surface area contributed by atoms with Crippen LogP contribution in [0.1, 0.15) is 20.8 Å². The van der Waals surface area contributed by atoms with Gasteiger partial charge in [0.25, 0.3) is 0 Å². The highest BCUT2D eigenvalue weighted by Crippen LogP contribution is 2.31. The summed E-state index contributed by atoms with van der Waals surface area (Å²) in [6.45, 7) is 4.40. The third-order valence-electron chi connectivity index (χ3n) is 3.84. The molecule has 2 amide bonds. The minimum Gasteiger partial charge on any atom is -0.368 e. The number of piperazine rings is 1. The maximum absolute atomic E-state index is 12.9. The summed E-state index contributed by atoms with van der Waals surface area (Å²) in [5.74, 6) is -0.512. The van der Waals surface area contributed by atoms with Gasteiger partial charge in [-0.1, -0.05) is 6.07 Å². The number of nitrogens with zero attached hydrogens (tertiary/aromatic N) is 2. The quantitative estimate of drug-likeness (QED) is 0.911. The molecule has 5 nitrogen and oxygen atoms in total. The van der Waals surface area contributed by atoms with Crippen LogP contribution in [0.15, 0.2) is 24.2 Å². The summed E-state index contributed by atoms with van der Waals surface area (Å²) >= 11 is 0. The first-order chi connectivity index (χ1) is 11.6. The SMILES string of the molecule is [2H]c1ccc(N2CCN(C(=O)[C@@H](C)NC(C)=O)CC2)cc1C(F)(F)F. The Balaban J connectivity index is 2.03. The molecule has 1 atom stereocenters. The summed E-state index contributed by atoms with van der Waals surface area (Å²) in [6.07, 6.45) is -4.57. The normalized spacial score (nSPS) is 17.3. The van der Waals surface area contributed by atoms with E-state index in [0.29, 0.717) is 31.9 Å². The van der Waals surface area contributed by atoms with Crippen LogP contribution in [0.4, 0.5) is 18.9 Å². The van der Waals surface area contributed by atoms with Gasteiger partial charge in [-0.3, -0.25) is 9.59 Å². The molecule has 0 aliphatic carbocycles. The second-order valence-electron chi connectivity index (χ2n) is 5.69. The fourth-order valence-electron chi connectivity index (χ4n) is 2.64. The Morgan fingerprint density at radius 1 is 1.29 bits per heavy atom. The second-order valence-corrected chi connectivity index (χ2v) is 5.69. The van der Waals surface area contributed by atoms with Crippen molar-refractivity contribution < 1.29 is 24.1 Å². The van der Waals surface area contributed by atoms with Crippen molar-refractivity contribution in [3.05, 3.63) is 29.8 Å². The predicted molar refractivity (Wildman–Crippen MR) is 83.5 cm³/mol. The van der Waals surface area contributed by atoms with Gasteiger partial charge in [0.05, 0.1) is 6.93 Å². The number of benzene rings is 1. The van der Waals surface area contributed by atoms with Crippen LogP contribution in [0.3, 0.4) is 0 Å². The van der Waals surface area contributed by atoms with Crippen molar-refractivity contribution >= 4 is 17.5 Å². The van der Waals surface area contributed by atoms with E-state index in [1.54, 1.807) is 16.7 Å². The molecule has 0 radical (unpaired) electrons. The van der Waals surface area contributed by atoms with Gasteiger partial charge in [-0.25, -0.2) is 0 Å². The van der Waals surface area contributed by atoms with Crippen LogP contribution in [0.5, 0.6) is 0 Å². The lowest BCUT2D eigenvalue weighted by molar-refractivity contribution is -0.137. The maximum Gasteiger partial charge on any atom is 0.416 e. The summed E-state index contributed by atoms with van der Waals surface area (Å²) in [7, 11) is 0. The van der Waals surface area contributed by atoms with E-state index in [0.717, 1.165) is 12.1 Å². The molecule has 24 heavy (non-hydrogen) atoms. The molecule has 132 valence electrons. The van der Waals surface area contributed by atoms with E-state index in [1.165, 1.54) is 13.0 Å². The van der Waals surface area contributed by atoms with Gasteiger partial charge < -0.3 is 15.1 Å². The first-order valence-corrected chi connectivity index (χ1v) is 7.58. The Kier molecular flexibility index (Phi) is 4.92. The van der Waals surface area contributed by atoms with Gasteiger partial charge in [-0.15, -0.1) is 0 Å². The summed E-state index contributed by atoms with van der Waals surface area (Å²) in [4.78, 5) is 26.6. The standard InChI is InChI=1S/C16H20F3N3O2/c1-11(20-12(2)23)15(24)22-8-6-21(7-9-22)14-5-3-4-13(10-14)16(17,18)19/h3-5,10-11H,6-9H2,1-2H3,(H,20,23)/t11-/m1/s1/i4D. The third-order valence-corrected chi connectivity index (χ3v) is 3.84. The fraction of sp³-hybridized carbons (Fsp3) is 0.500. The van der Waals surface area contributed by atoms with Crippen LogP contribution in [-0.4, -0.2) is 48.9 Å². The van der Waals surface area contributed by atoms with Gasteiger partial charge >= 0.3 is 6.18 Å². The summed E-state index contributed by atoms with van der Waals surface area (Å²) < 4.78 is 46.2. The summed E-state index contributed by atoms with van der Waals surface area (Å²) in [6, 6.07) is 2.39. The fourth-order valence-corrected chi connectivity index (χ4v) is 2.64. The lowest BCUT2D eigenvalue weighted by Crippen LogP contribution is -2.54. The molecule has 1 aliphatic heterocycles. The average molecular weight is 344 g/mol. The molecule has 8 heteroatoms. The number of carbonyl (C=O) groups is 2. The predicted octanol–water partition coefficient (Wildman–Crippen LogP) is 1.88. The number of anilines is 1. The molecule has 1 aliphatic rings. The molecule has 0 bridgehead atoms. The van der Waals surface area contributed by atoms with Crippen molar-refractivity contribution in [1.82, 2.24) is 10.2 Å². The number of amides is 2. The largest absolute Gasteiger partial charge is 0.416 e. The molecule has 0 spiro atoms. The monoisotopic (exact) mass is 344 g/mol. The average Bonchev–Trinajstić information content (AvgIpc) is 2.53. The van der Waals surface area contributed by atoms with Crippen LogP contribution >= 0.6 is 0 Å². The van der Waals surface area contributed by atoms with Crippen LogP contribution < -0.4 is 10.2 Å². The smallest absolute Gasteiger partial charge is 0.368 e. The van der Waals surface area contributed by atoms with Gasteiger partial charge in [0.2, 0.25) is 11.8 Å². The summed E-state index contributed by atoms with van der Waals surface area (Å²) in [5.41, 5.74) is -0.590. The first kappa shape index (κ1) is 16.6. The van der Waals surface area contributed by atoms with Gasteiger partial charge in [0, 0.05) is 38.8 Å². The molecule has 0 saturated carbocycles. The van der Waals surface area contributed by atoms with Gasteiger partial charge in [-0.2, -0.15) is 13.2 Å². The Morgan fingerprint density at radius 3 is 2.46 bits per heavy atom.